The van der Waals surface area contributed by atoms with E-state index in [-0.39, 0.29) is 24.8 Å². The van der Waals surface area contributed by atoms with Crippen LogP contribution in [-0.2, 0) is 24.7 Å². The molecule has 245 valence electrons. The van der Waals surface area contributed by atoms with Crippen molar-refractivity contribution < 1.29 is 49.5 Å². The van der Waals surface area contributed by atoms with Gasteiger partial charge in [-0.3, -0.25) is 0 Å². The summed E-state index contributed by atoms with van der Waals surface area (Å²) in [6.07, 6.45) is 4.50. The molecule has 0 N–H and O–H groups in total. The molecule has 0 heterocycles. The Bertz CT molecular complexity index is 2370. The Morgan fingerprint density at radius 2 is 0.863 bits per heavy atom. The summed E-state index contributed by atoms with van der Waals surface area (Å²) in [6.45, 7) is 4.74. The molecule has 4 heteroatoms. The third-order valence-electron chi connectivity index (χ3n) is 10.9. The average Bonchev–Trinajstić information content (AvgIpc) is 3.78. The fourth-order valence-electron chi connectivity index (χ4n) is 8.86. The summed E-state index contributed by atoms with van der Waals surface area (Å²) in [6, 6.07) is 58.9. The molecule has 0 amide bonds. The van der Waals surface area contributed by atoms with Gasteiger partial charge in [-0.1, -0.05) is 133 Å². The van der Waals surface area contributed by atoms with Crippen LogP contribution >= 0.6 is 0 Å². The normalized spacial score (nSPS) is 15.0. The predicted molar refractivity (Wildman–Crippen MR) is 209 cm³/mol. The van der Waals surface area contributed by atoms with Crippen molar-refractivity contribution in [2.45, 2.75) is 17.5 Å². The van der Waals surface area contributed by atoms with Crippen molar-refractivity contribution in [2.24, 2.45) is 0 Å². The summed E-state index contributed by atoms with van der Waals surface area (Å²) in [5.41, 5.74) is 11.3. The van der Waals surface area contributed by atoms with Crippen molar-refractivity contribution in [1.82, 2.24) is 0 Å². The molecule has 7 aromatic carbocycles. The van der Waals surface area contributed by atoms with Crippen LogP contribution in [0.3, 0.4) is 0 Å². The topological polar surface area (TPSA) is 0 Å². The van der Waals surface area contributed by atoms with E-state index in [1.54, 1.807) is 24.7 Å². The molecule has 10 rings (SSSR count). The molecule has 0 fully saturated rings. The first-order chi connectivity index (χ1) is 24.1. The standard InChI is InChI=1S/C38H28Si.C9H7.2ClH.Zr/c1-25-31-21-9-13-27-15-11-23-33(35(27)31)37(25)39(29-17-5-3-6-18-29,30-19-7-4-8-20-30)38-26(2)32-22-10-14-28-16-12-24-34(38)36(28)32;1-2-5-9-7-3-6-8(9)4-1;;;/h3-24H,1-2H3;1-7H;2*1H;/q;;;;+2/p-2. The molecule has 0 bridgehead atoms. The van der Waals surface area contributed by atoms with Gasteiger partial charge in [-0.05, 0) is 89.6 Å². The van der Waals surface area contributed by atoms with Crippen LogP contribution < -0.4 is 35.2 Å². The molecule has 7 aromatic rings. The number of halogens is 2. The van der Waals surface area contributed by atoms with Gasteiger partial charge in [-0.25, -0.2) is 0 Å². The van der Waals surface area contributed by atoms with Crippen LogP contribution in [0.4, 0.5) is 0 Å². The molecule has 0 unspecified atom stereocenters. The van der Waals surface area contributed by atoms with Crippen LogP contribution in [0.5, 0.6) is 0 Å². The first-order valence-electron chi connectivity index (χ1n) is 17.2. The maximum atomic E-state index is 2.39. The molecular weight excluding hydrogens is 755 g/mol. The van der Waals surface area contributed by atoms with Gasteiger partial charge in [-0.15, -0.1) is 0 Å². The van der Waals surface area contributed by atoms with Gasteiger partial charge in [0.1, 0.15) is 0 Å². The van der Waals surface area contributed by atoms with E-state index in [0.717, 1.165) is 0 Å². The molecular formula is C47H35Cl2SiZr. The molecule has 51 heavy (non-hydrogen) atoms. The van der Waals surface area contributed by atoms with Gasteiger partial charge < -0.3 is 24.8 Å². The molecule has 0 saturated carbocycles. The fraction of sp³-hybridized carbons (Fsp3) is 0.0638. The number of hydrogen-bond donors (Lipinski definition) is 0. The summed E-state index contributed by atoms with van der Waals surface area (Å²) in [4.78, 5) is 0. The van der Waals surface area contributed by atoms with E-state index >= 15 is 0 Å². The van der Waals surface area contributed by atoms with Crippen LogP contribution in [0.25, 0.3) is 49.2 Å². The monoisotopic (exact) mass is 787 g/mol. The number of fused-ring (bicyclic) bond motifs is 1. The Hall–Kier alpha value is -4.04. The van der Waals surface area contributed by atoms with Gasteiger partial charge in [0.05, 0.1) is 0 Å². The van der Waals surface area contributed by atoms with Gasteiger partial charge in [-0.2, -0.15) is 0 Å². The molecule has 0 aliphatic heterocycles. The Balaban J connectivity index is 0.000000292. The Labute approximate surface area is 329 Å². The van der Waals surface area contributed by atoms with E-state index in [4.69, 9.17) is 0 Å². The molecule has 0 aromatic heterocycles. The van der Waals surface area contributed by atoms with E-state index in [9.17, 15) is 0 Å². The predicted octanol–water partition coefficient (Wildman–Crippen LogP) is 4.83. The van der Waals surface area contributed by atoms with Crippen molar-refractivity contribution in [2.75, 3.05) is 0 Å². The van der Waals surface area contributed by atoms with Crippen LogP contribution in [0.2, 0.25) is 0 Å². The van der Waals surface area contributed by atoms with Crippen molar-refractivity contribution >= 4 is 67.6 Å². The number of rotatable bonds is 4. The first kappa shape index (κ1) is 35.4. The van der Waals surface area contributed by atoms with Gasteiger partial charge >= 0.3 is 75.9 Å². The Kier molecular flexibility index (Phi) is 9.83. The molecule has 0 spiro atoms. The van der Waals surface area contributed by atoms with Gasteiger partial charge in [0.15, 0.2) is 8.07 Å². The second-order valence-corrected chi connectivity index (χ2v) is 18.5. The summed E-state index contributed by atoms with van der Waals surface area (Å²) in [5.74, 6) is 0. The number of hydrogen-bond acceptors (Lipinski definition) is 0. The van der Waals surface area contributed by atoms with Crippen molar-refractivity contribution in [3.8, 4) is 0 Å². The SMILES string of the molecule is CC1=C([Si](C2=C(C)c3cccc4cccc2c34)(c2ccccc2)c2ccccc2)c2cccc3cccc1c23.[Cl-].[Cl-].[Zr+2][C@@H]1C=Cc2ccccc21. The summed E-state index contributed by atoms with van der Waals surface area (Å²) in [5, 5.41) is 11.4. The second kappa shape index (κ2) is 14.2. The van der Waals surface area contributed by atoms with E-state index in [2.05, 4.69) is 184 Å². The maximum absolute atomic E-state index is 2.79. The van der Waals surface area contributed by atoms with Gasteiger partial charge in [0, 0.05) is 0 Å². The van der Waals surface area contributed by atoms with E-state index in [1.807, 2.05) is 0 Å². The summed E-state index contributed by atoms with van der Waals surface area (Å²) >= 11 is 1.59. The molecule has 1 atom stereocenters. The van der Waals surface area contributed by atoms with E-state index in [1.165, 1.54) is 86.8 Å². The Morgan fingerprint density at radius 1 is 0.451 bits per heavy atom. The number of benzene rings is 7. The third kappa shape index (κ3) is 5.42. The molecule has 0 nitrogen and oxygen atoms in total. The molecule has 3 aliphatic carbocycles. The minimum atomic E-state index is -2.79. The quantitative estimate of drug-likeness (QED) is 0.225. The molecule has 0 saturated heterocycles. The van der Waals surface area contributed by atoms with Crippen molar-refractivity contribution in [3.05, 3.63) is 197 Å². The molecule has 0 radical (unpaired) electrons. The second-order valence-electron chi connectivity index (χ2n) is 13.4. The number of allylic oxidation sites excluding steroid dienone is 3. The summed E-state index contributed by atoms with van der Waals surface area (Å²) in [7, 11) is -2.79. The molecule has 3 aliphatic rings. The van der Waals surface area contributed by atoms with Crippen LogP contribution in [0, 0.1) is 0 Å². The zero-order valence-electron chi connectivity index (χ0n) is 28.5. The van der Waals surface area contributed by atoms with Gasteiger partial charge in [0.2, 0.25) is 0 Å². The van der Waals surface area contributed by atoms with Crippen molar-refractivity contribution in [1.29, 1.82) is 0 Å². The van der Waals surface area contributed by atoms with Crippen LogP contribution in [0.15, 0.2) is 164 Å². The Morgan fingerprint density at radius 3 is 1.31 bits per heavy atom. The van der Waals surface area contributed by atoms with Crippen LogP contribution in [0.1, 0.15) is 50.9 Å². The van der Waals surface area contributed by atoms with Crippen molar-refractivity contribution in [3.63, 3.8) is 0 Å². The fourth-order valence-corrected chi connectivity index (χ4v) is 15.5. The zero-order valence-corrected chi connectivity index (χ0v) is 33.5. The van der Waals surface area contributed by atoms with Crippen LogP contribution in [-0.4, -0.2) is 8.07 Å². The van der Waals surface area contributed by atoms with E-state index < -0.39 is 8.07 Å². The average molecular weight is 790 g/mol. The van der Waals surface area contributed by atoms with E-state index in [0.29, 0.717) is 3.63 Å². The zero-order chi connectivity index (χ0) is 33.1. The first-order valence-corrected chi connectivity index (χ1v) is 20.6. The summed E-state index contributed by atoms with van der Waals surface area (Å²) < 4.78 is 0.711. The minimum absolute atomic E-state index is 0. The van der Waals surface area contributed by atoms with Gasteiger partial charge in [0.25, 0.3) is 0 Å². The third-order valence-corrected chi connectivity index (χ3v) is 17.3.